The van der Waals surface area contributed by atoms with Gasteiger partial charge in [0.25, 0.3) is 0 Å². The molecule has 3 aliphatic rings. The van der Waals surface area contributed by atoms with Gasteiger partial charge in [0.05, 0.1) is 30.4 Å². The Morgan fingerprint density at radius 1 is 1.12 bits per heavy atom. The molecule has 0 radical (unpaired) electrons. The summed E-state index contributed by atoms with van der Waals surface area (Å²) in [5.41, 5.74) is 0.947. The van der Waals surface area contributed by atoms with Crippen molar-refractivity contribution in [2.45, 2.75) is 76.0 Å². The highest BCUT2D eigenvalue weighted by molar-refractivity contribution is 7.80. The summed E-state index contributed by atoms with van der Waals surface area (Å²) < 4.78 is 5.68. The van der Waals surface area contributed by atoms with Crippen molar-refractivity contribution in [3.8, 4) is 5.75 Å². The second kappa shape index (κ2) is 7.50. The van der Waals surface area contributed by atoms with E-state index >= 15 is 0 Å². The Bertz CT molecular complexity index is 605. The van der Waals surface area contributed by atoms with Gasteiger partial charge in [-0.25, -0.2) is 0 Å². The zero-order valence-electron chi connectivity index (χ0n) is 15.1. The molecule has 1 aliphatic carbocycles. The Morgan fingerprint density at radius 3 is 2.52 bits per heavy atom. The summed E-state index contributed by atoms with van der Waals surface area (Å²) >= 11 is 5.60. The number of thiocarbonyl (C=S) groups is 1. The van der Waals surface area contributed by atoms with E-state index in [0.29, 0.717) is 12.6 Å². The van der Waals surface area contributed by atoms with Gasteiger partial charge < -0.3 is 20.3 Å². The number of quaternary nitrogens is 1. The minimum atomic E-state index is 0.511. The van der Waals surface area contributed by atoms with Crippen molar-refractivity contribution >= 4 is 23.0 Å². The van der Waals surface area contributed by atoms with E-state index in [-0.39, 0.29) is 0 Å². The third-order valence-electron chi connectivity index (χ3n) is 6.01. The second-order valence-electron chi connectivity index (χ2n) is 7.79. The molecule has 1 aromatic rings. The van der Waals surface area contributed by atoms with Gasteiger partial charge >= 0.3 is 0 Å². The topological polar surface area (TPSA) is 37.7 Å². The average Bonchev–Trinajstić information content (AvgIpc) is 3.41. The number of hydrogen-bond donors (Lipinski definition) is 3. The van der Waals surface area contributed by atoms with Crippen LogP contribution in [0.1, 0.15) is 51.9 Å². The SMILES string of the molecule is CCOc1ccccc1NC(=S)NC1C[C@H]2CCC[C@H](C1)[NH+]2C1CC1. The quantitative estimate of drug-likeness (QED) is 0.706. The molecule has 2 aliphatic heterocycles. The highest BCUT2D eigenvalue weighted by atomic mass is 32.1. The summed E-state index contributed by atoms with van der Waals surface area (Å²) in [6.45, 7) is 2.66. The van der Waals surface area contributed by atoms with E-state index in [1.807, 2.05) is 36.1 Å². The number of piperidine rings is 2. The van der Waals surface area contributed by atoms with Gasteiger partial charge in [-0.05, 0) is 50.5 Å². The second-order valence-corrected chi connectivity index (χ2v) is 8.20. The monoisotopic (exact) mass is 360 g/mol. The minimum absolute atomic E-state index is 0.511. The maximum Gasteiger partial charge on any atom is 0.171 e. The molecule has 0 spiro atoms. The minimum Gasteiger partial charge on any atom is -0.492 e. The Labute approximate surface area is 156 Å². The summed E-state index contributed by atoms with van der Waals surface area (Å²) in [6, 6.07) is 11.2. The van der Waals surface area contributed by atoms with Crippen LogP contribution in [0.15, 0.2) is 24.3 Å². The van der Waals surface area contributed by atoms with Crippen LogP contribution < -0.4 is 20.3 Å². The molecule has 2 atom stereocenters. The van der Waals surface area contributed by atoms with Crippen LogP contribution in [0.3, 0.4) is 0 Å². The first-order valence-electron chi connectivity index (χ1n) is 9.90. The standard InChI is InChI=1S/C20H29N3OS/c1-2-24-19-9-4-3-8-18(19)22-20(25)21-14-12-16-6-5-7-17(13-14)23(16)15-10-11-15/h3-4,8-9,14-17H,2,5-7,10-13H2,1H3,(H2,21,22,25)/p+1/t16-,17-/m1/s1. The third kappa shape index (κ3) is 3.93. The molecule has 2 bridgehead atoms. The molecule has 0 amide bonds. The van der Waals surface area contributed by atoms with Crippen molar-refractivity contribution in [3.63, 3.8) is 0 Å². The predicted molar refractivity (Wildman–Crippen MR) is 105 cm³/mol. The highest BCUT2D eigenvalue weighted by Gasteiger charge is 2.48. The highest BCUT2D eigenvalue weighted by Crippen LogP contribution is 2.28. The Kier molecular flexibility index (Phi) is 5.13. The third-order valence-corrected chi connectivity index (χ3v) is 6.23. The fourth-order valence-electron chi connectivity index (χ4n) is 4.96. The van der Waals surface area contributed by atoms with Gasteiger partial charge in [-0.15, -0.1) is 0 Å². The molecular formula is C20H30N3OS+. The molecule has 3 fully saturated rings. The summed E-state index contributed by atoms with van der Waals surface area (Å²) in [6.07, 6.45) is 9.64. The van der Waals surface area contributed by atoms with Crippen LogP contribution in [-0.2, 0) is 0 Å². The molecule has 0 unspecified atom stereocenters. The van der Waals surface area contributed by atoms with Gasteiger partial charge in [-0.3, -0.25) is 0 Å². The molecule has 4 rings (SSSR count). The molecule has 25 heavy (non-hydrogen) atoms. The van der Waals surface area contributed by atoms with Gasteiger partial charge in [0.15, 0.2) is 5.11 Å². The number of anilines is 1. The van der Waals surface area contributed by atoms with Crippen molar-refractivity contribution in [1.29, 1.82) is 0 Å². The van der Waals surface area contributed by atoms with Crippen LogP contribution >= 0.6 is 12.2 Å². The lowest BCUT2D eigenvalue weighted by molar-refractivity contribution is -0.971. The molecule has 1 aromatic carbocycles. The summed E-state index contributed by atoms with van der Waals surface area (Å²) in [7, 11) is 0. The van der Waals surface area contributed by atoms with Gasteiger partial charge in [-0.1, -0.05) is 12.1 Å². The largest absolute Gasteiger partial charge is 0.492 e. The first-order valence-corrected chi connectivity index (χ1v) is 10.3. The molecule has 2 heterocycles. The van der Waals surface area contributed by atoms with Crippen molar-refractivity contribution in [1.82, 2.24) is 5.32 Å². The van der Waals surface area contributed by atoms with E-state index in [1.165, 1.54) is 44.9 Å². The van der Waals surface area contributed by atoms with E-state index in [2.05, 4.69) is 10.6 Å². The van der Waals surface area contributed by atoms with Crippen molar-refractivity contribution in [3.05, 3.63) is 24.3 Å². The Hall–Kier alpha value is -1.33. The number of benzene rings is 1. The fourth-order valence-corrected chi connectivity index (χ4v) is 5.24. The molecule has 5 heteroatoms. The van der Waals surface area contributed by atoms with Gasteiger partial charge in [0.2, 0.25) is 0 Å². The molecule has 0 aromatic heterocycles. The smallest absolute Gasteiger partial charge is 0.171 e. The maximum atomic E-state index is 5.68. The van der Waals surface area contributed by atoms with Crippen LogP contribution in [0.4, 0.5) is 5.69 Å². The van der Waals surface area contributed by atoms with E-state index < -0.39 is 0 Å². The summed E-state index contributed by atoms with van der Waals surface area (Å²) in [5, 5.41) is 7.67. The molecule has 1 saturated carbocycles. The predicted octanol–water partition coefficient (Wildman–Crippen LogP) is 2.50. The lowest BCUT2D eigenvalue weighted by atomic mass is 9.81. The van der Waals surface area contributed by atoms with Gasteiger partial charge in [0, 0.05) is 31.7 Å². The Morgan fingerprint density at radius 2 is 1.84 bits per heavy atom. The van der Waals surface area contributed by atoms with Crippen LogP contribution in [0, 0.1) is 0 Å². The normalized spacial score (nSPS) is 31.2. The molecular weight excluding hydrogens is 330 g/mol. The van der Waals surface area contributed by atoms with Gasteiger partial charge in [0.1, 0.15) is 5.75 Å². The number of fused-ring (bicyclic) bond motifs is 2. The van der Waals surface area contributed by atoms with Crippen LogP contribution in [0.25, 0.3) is 0 Å². The first kappa shape index (κ1) is 17.1. The average molecular weight is 361 g/mol. The number of ether oxygens (including phenoxy) is 1. The van der Waals surface area contributed by atoms with E-state index in [0.717, 1.165) is 34.7 Å². The zero-order valence-corrected chi connectivity index (χ0v) is 15.9. The van der Waals surface area contributed by atoms with Crippen molar-refractivity contribution < 1.29 is 9.64 Å². The molecule has 4 nitrogen and oxygen atoms in total. The lowest BCUT2D eigenvalue weighted by Gasteiger charge is -2.46. The summed E-state index contributed by atoms with van der Waals surface area (Å²) in [4.78, 5) is 1.94. The van der Waals surface area contributed by atoms with Crippen LogP contribution in [-0.4, -0.2) is 35.9 Å². The van der Waals surface area contributed by atoms with Crippen molar-refractivity contribution in [2.24, 2.45) is 0 Å². The van der Waals surface area contributed by atoms with E-state index in [9.17, 15) is 0 Å². The number of para-hydroxylation sites is 2. The van der Waals surface area contributed by atoms with Crippen LogP contribution in [0.5, 0.6) is 5.75 Å². The zero-order chi connectivity index (χ0) is 17.2. The maximum absolute atomic E-state index is 5.68. The number of nitrogens with one attached hydrogen (secondary N) is 3. The van der Waals surface area contributed by atoms with Crippen molar-refractivity contribution in [2.75, 3.05) is 11.9 Å². The van der Waals surface area contributed by atoms with Crippen LogP contribution in [0.2, 0.25) is 0 Å². The lowest BCUT2D eigenvalue weighted by Crippen LogP contribution is -3.22. The summed E-state index contributed by atoms with van der Waals surface area (Å²) in [5.74, 6) is 0.860. The van der Waals surface area contributed by atoms with E-state index in [1.54, 1.807) is 0 Å². The Balaban J connectivity index is 1.36. The first-order chi connectivity index (χ1) is 12.2. The fraction of sp³-hybridized carbons (Fsp3) is 0.650. The van der Waals surface area contributed by atoms with E-state index in [4.69, 9.17) is 17.0 Å². The molecule has 3 N–H and O–H groups in total. The molecule has 2 saturated heterocycles. The number of hydrogen-bond acceptors (Lipinski definition) is 2. The van der Waals surface area contributed by atoms with Gasteiger partial charge in [-0.2, -0.15) is 0 Å². The molecule has 136 valence electrons. The number of rotatable bonds is 5.